The second-order valence-electron chi connectivity index (χ2n) is 3.47. The Morgan fingerprint density at radius 3 is 2.11 bits per heavy atom. The summed E-state index contributed by atoms with van der Waals surface area (Å²) in [6, 6.07) is 6.68. The van der Waals surface area contributed by atoms with Crippen LogP contribution in [0.25, 0.3) is 5.57 Å². The Labute approximate surface area is 101 Å². The first-order valence-electron chi connectivity index (χ1n) is 4.79. The number of nitriles is 1. The summed E-state index contributed by atoms with van der Waals surface area (Å²) >= 11 is 0. The lowest BCUT2D eigenvalue weighted by Gasteiger charge is -2.11. The fraction of sp³-hybridized carbons (Fsp3) is 0.167. The van der Waals surface area contributed by atoms with Crippen LogP contribution in [0.1, 0.15) is 18.1 Å². The Balaban J connectivity index is 3.39. The van der Waals surface area contributed by atoms with Gasteiger partial charge in [0.2, 0.25) is 5.76 Å². The van der Waals surface area contributed by atoms with Gasteiger partial charge in [-0.2, -0.15) is 18.4 Å². The monoisotopic (exact) mass is 255 g/mol. The summed E-state index contributed by atoms with van der Waals surface area (Å²) in [7, 11) is 0. The molecule has 0 aliphatic rings. The van der Waals surface area contributed by atoms with Crippen molar-refractivity contribution in [1.29, 1.82) is 5.26 Å². The number of hydrogen-bond acceptors (Lipinski definition) is 3. The van der Waals surface area contributed by atoms with E-state index < -0.39 is 23.3 Å². The van der Waals surface area contributed by atoms with Crippen molar-refractivity contribution in [2.24, 2.45) is 0 Å². The lowest BCUT2D eigenvalue weighted by atomic mass is 10.00. The lowest BCUT2D eigenvalue weighted by molar-refractivity contribution is -0.123. The van der Waals surface area contributed by atoms with Gasteiger partial charge in [0.1, 0.15) is 0 Å². The summed E-state index contributed by atoms with van der Waals surface area (Å²) in [6.07, 6.45) is -4.99. The minimum Gasteiger partial charge on any atom is -0.504 e. The van der Waals surface area contributed by atoms with E-state index in [0.29, 0.717) is 0 Å². The number of benzene rings is 1. The summed E-state index contributed by atoms with van der Waals surface area (Å²) in [5, 5.41) is 17.6. The number of hydrogen-bond donors (Lipinski definition) is 1. The lowest BCUT2D eigenvalue weighted by Crippen LogP contribution is -2.16. The first-order valence-corrected chi connectivity index (χ1v) is 4.79. The van der Waals surface area contributed by atoms with E-state index in [0.717, 1.165) is 6.92 Å². The molecule has 0 aromatic heterocycles. The molecule has 1 aromatic rings. The van der Waals surface area contributed by atoms with E-state index in [2.05, 4.69) is 0 Å². The Kier molecular flexibility index (Phi) is 3.76. The molecule has 0 bridgehead atoms. The minimum atomic E-state index is -4.99. The van der Waals surface area contributed by atoms with Crippen molar-refractivity contribution in [3.63, 3.8) is 0 Å². The molecule has 0 spiro atoms. The molecule has 0 unspecified atom stereocenters. The number of aliphatic hydroxyl groups is 1. The maximum atomic E-state index is 12.4. The van der Waals surface area contributed by atoms with Gasteiger partial charge in [-0.15, -0.1) is 0 Å². The fourth-order valence-electron chi connectivity index (χ4n) is 1.36. The molecular weight excluding hydrogens is 247 g/mol. The molecule has 1 rings (SSSR count). The molecular formula is C12H8F3NO2. The van der Waals surface area contributed by atoms with E-state index in [1.807, 2.05) is 0 Å². The van der Waals surface area contributed by atoms with Crippen molar-refractivity contribution in [3.05, 3.63) is 41.2 Å². The third kappa shape index (κ3) is 2.88. The highest BCUT2D eigenvalue weighted by Crippen LogP contribution is 2.31. The predicted octanol–water partition coefficient (Wildman–Crippen LogP) is 2.98. The maximum absolute atomic E-state index is 12.4. The van der Waals surface area contributed by atoms with Crippen LogP contribution < -0.4 is 0 Å². The highest BCUT2D eigenvalue weighted by atomic mass is 19.4. The molecule has 3 nitrogen and oxygen atoms in total. The third-order valence-corrected chi connectivity index (χ3v) is 2.16. The highest BCUT2D eigenvalue weighted by Gasteiger charge is 2.38. The Morgan fingerprint density at radius 1 is 1.28 bits per heavy atom. The van der Waals surface area contributed by atoms with Crippen molar-refractivity contribution >= 4 is 11.4 Å². The van der Waals surface area contributed by atoms with Gasteiger partial charge in [0, 0.05) is 0 Å². The molecule has 0 aliphatic heterocycles. The topological polar surface area (TPSA) is 61.1 Å². The number of nitrogens with zero attached hydrogens (tertiary/aromatic N) is 1. The number of alkyl halides is 3. The molecule has 1 aromatic carbocycles. The van der Waals surface area contributed by atoms with Gasteiger partial charge >= 0.3 is 6.18 Å². The Morgan fingerprint density at radius 2 is 1.78 bits per heavy atom. The van der Waals surface area contributed by atoms with Gasteiger partial charge in [0.15, 0.2) is 5.78 Å². The van der Waals surface area contributed by atoms with Crippen molar-refractivity contribution in [1.82, 2.24) is 0 Å². The number of aliphatic hydroxyl groups excluding tert-OH is 1. The fourth-order valence-corrected chi connectivity index (χ4v) is 1.36. The average Bonchev–Trinajstić information content (AvgIpc) is 2.28. The molecule has 0 aliphatic carbocycles. The van der Waals surface area contributed by atoms with Gasteiger partial charge in [-0.1, -0.05) is 12.1 Å². The number of ketones is 1. The number of Topliss-reactive ketones (excluding diaryl/α,β-unsaturated/α-hetero) is 1. The van der Waals surface area contributed by atoms with Gasteiger partial charge in [-0.3, -0.25) is 4.79 Å². The second-order valence-corrected chi connectivity index (χ2v) is 3.47. The van der Waals surface area contributed by atoms with Gasteiger partial charge < -0.3 is 5.11 Å². The van der Waals surface area contributed by atoms with E-state index in [-0.39, 0.29) is 11.1 Å². The minimum absolute atomic E-state index is 0.0867. The van der Waals surface area contributed by atoms with E-state index >= 15 is 0 Å². The van der Waals surface area contributed by atoms with Crippen LogP contribution in [0.3, 0.4) is 0 Å². The van der Waals surface area contributed by atoms with Crippen LogP contribution in [0.4, 0.5) is 13.2 Å². The SMILES string of the molecule is CC(=O)C(=C(O)C(F)(F)F)c1ccc(C#N)cc1. The number of rotatable bonds is 2. The molecule has 18 heavy (non-hydrogen) atoms. The number of carbonyl (C=O) groups excluding carboxylic acids is 1. The maximum Gasteiger partial charge on any atom is 0.449 e. The van der Waals surface area contributed by atoms with Crippen molar-refractivity contribution in [3.8, 4) is 6.07 Å². The van der Waals surface area contributed by atoms with Gasteiger partial charge in [0.25, 0.3) is 0 Å². The molecule has 6 heteroatoms. The predicted molar refractivity (Wildman–Crippen MR) is 57.4 cm³/mol. The quantitative estimate of drug-likeness (QED) is 0.652. The Bertz CT molecular complexity index is 536. The number of carbonyl (C=O) groups is 1. The van der Waals surface area contributed by atoms with Crippen LogP contribution in [0.2, 0.25) is 0 Å². The summed E-state index contributed by atoms with van der Waals surface area (Å²) in [5.74, 6) is -2.84. The third-order valence-electron chi connectivity index (χ3n) is 2.16. The molecule has 0 radical (unpaired) electrons. The number of allylic oxidation sites excluding steroid dienone is 2. The van der Waals surface area contributed by atoms with Crippen molar-refractivity contribution in [2.75, 3.05) is 0 Å². The first-order chi connectivity index (χ1) is 8.27. The normalized spacial score (nSPS) is 12.6. The smallest absolute Gasteiger partial charge is 0.449 e. The Hall–Kier alpha value is -2.29. The van der Waals surface area contributed by atoms with Gasteiger partial charge in [-0.25, -0.2) is 0 Å². The first kappa shape index (κ1) is 13.8. The summed E-state index contributed by atoms with van der Waals surface area (Å²) in [6.45, 7) is 0.926. The highest BCUT2D eigenvalue weighted by molar-refractivity contribution is 6.20. The van der Waals surface area contributed by atoms with Crippen LogP contribution in [-0.4, -0.2) is 17.1 Å². The van der Waals surface area contributed by atoms with Crippen molar-refractivity contribution < 1.29 is 23.1 Å². The van der Waals surface area contributed by atoms with Crippen LogP contribution in [0, 0.1) is 11.3 Å². The number of halogens is 3. The summed E-state index contributed by atoms with van der Waals surface area (Å²) in [5.41, 5.74) is -0.656. The molecule has 0 fully saturated rings. The summed E-state index contributed by atoms with van der Waals surface area (Å²) < 4.78 is 37.1. The largest absolute Gasteiger partial charge is 0.504 e. The summed E-state index contributed by atoms with van der Waals surface area (Å²) in [4.78, 5) is 11.2. The zero-order chi connectivity index (χ0) is 13.9. The van der Waals surface area contributed by atoms with Crippen LogP contribution in [-0.2, 0) is 4.79 Å². The molecule has 0 saturated heterocycles. The van der Waals surface area contributed by atoms with E-state index in [9.17, 15) is 18.0 Å². The van der Waals surface area contributed by atoms with Crippen LogP contribution >= 0.6 is 0 Å². The molecule has 0 saturated carbocycles. The standard InChI is InChI=1S/C12H8F3NO2/c1-7(17)10(11(18)12(13,14)15)9-4-2-8(6-16)3-5-9/h2-5,18H,1H3. The molecule has 1 N–H and O–H groups in total. The molecule has 0 amide bonds. The van der Waals surface area contributed by atoms with E-state index in [1.54, 1.807) is 6.07 Å². The molecule has 0 atom stereocenters. The van der Waals surface area contributed by atoms with Crippen molar-refractivity contribution in [2.45, 2.75) is 13.1 Å². The van der Waals surface area contributed by atoms with Crippen LogP contribution in [0.15, 0.2) is 30.0 Å². The van der Waals surface area contributed by atoms with Crippen LogP contribution in [0.5, 0.6) is 0 Å². The van der Waals surface area contributed by atoms with E-state index in [4.69, 9.17) is 10.4 Å². The second kappa shape index (κ2) is 4.92. The molecule has 0 heterocycles. The zero-order valence-electron chi connectivity index (χ0n) is 9.25. The molecule has 94 valence electrons. The van der Waals surface area contributed by atoms with E-state index in [1.165, 1.54) is 24.3 Å². The average molecular weight is 255 g/mol. The van der Waals surface area contributed by atoms with Gasteiger partial charge in [-0.05, 0) is 24.6 Å². The van der Waals surface area contributed by atoms with Gasteiger partial charge in [0.05, 0.1) is 17.2 Å². The zero-order valence-corrected chi connectivity index (χ0v) is 9.25.